The number of hydrogen-bond acceptors (Lipinski definition) is 5. The molecule has 0 atom stereocenters. The van der Waals surface area contributed by atoms with Crippen LogP contribution in [0.15, 0.2) is 39.5 Å². The molecule has 0 bridgehead atoms. The molecule has 1 aromatic carbocycles. The van der Waals surface area contributed by atoms with Crippen LogP contribution in [0.1, 0.15) is 18.2 Å². The SMILES string of the molecule is CCN1C(=O)/C(=C/c2ccc(F)cc2)S/C1=N/c1nc(C)cs1. The summed E-state index contributed by atoms with van der Waals surface area (Å²) < 4.78 is 13.0. The minimum atomic E-state index is -0.297. The van der Waals surface area contributed by atoms with Crippen LogP contribution in [0.4, 0.5) is 9.52 Å². The number of amides is 1. The van der Waals surface area contributed by atoms with Crippen molar-refractivity contribution in [1.29, 1.82) is 0 Å². The Morgan fingerprint density at radius 1 is 1.35 bits per heavy atom. The number of rotatable bonds is 3. The molecule has 0 aliphatic carbocycles. The first-order valence-electron chi connectivity index (χ1n) is 7.04. The van der Waals surface area contributed by atoms with E-state index in [9.17, 15) is 9.18 Å². The fourth-order valence-corrected chi connectivity index (χ4v) is 3.82. The molecule has 0 saturated carbocycles. The van der Waals surface area contributed by atoms with Crippen molar-refractivity contribution in [1.82, 2.24) is 9.88 Å². The summed E-state index contributed by atoms with van der Waals surface area (Å²) in [5, 5.41) is 3.19. The van der Waals surface area contributed by atoms with E-state index in [4.69, 9.17) is 0 Å². The number of thioether (sulfide) groups is 1. The number of carbonyl (C=O) groups excluding carboxylic acids is 1. The van der Waals surface area contributed by atoms with Crippen molar-refractivity contribution >= 4 is 45.4 Å². The van der Waals surface area contributed by atoms with Gasteiger partial charge in [-0.25, -0.2) is 9.37 Å². The van der Waals surface area contributed by atoms with Gasteiger partial charge in [-0.05, 0) is 49.4 Å². The Bertz CT molecular complexity index is 796. The number of aliphatic imine (C=N–C) groups is 1. The van der Waals surface area contributed by atoms with Gasteiger partial charge in [-0.15, -0.1) is 11.3 Å². The Labute approximate surface area is 141 Å². The maximum atomic E-state index is 13.0. The number of nitrogens with zero attached hydrogens (tertiary/aromatic N) is 3. The van der Waals surface area contributed by atoms with Crippen LogP contribution in [0, 0.1) is 12.7 Å². The molecule has 2 aromatic rings. The Morgan fingerprint density at radius 3 is 2.70 bits per heavy atom. The number of aryl methyl sites for hydroxylation is 1. The molecule has 0 N–H and O–H groups in total. The Kier molecular flexibility index (Phi) is 4.58. The first-order valence-corrected chi connectivity index (χ1v) is 8.74. The van der Waals surface area contributed by atoms with Gasteiger partial charge in [0.25, 0.3) is 5.91 Å². The Balaban J connectivity index is 1.91. The number of benzene rings is 1. The van der Waals surface area contributed by atoms with Gasteiger partial charge in [0, 0.05) is 11.9 Å². The highest BCUT2D eigenvalue weighted by Crippen LogP contribution is 2.34. The van der Waals surface area contributed by atoms with Gasteiger partial charge < -0.3 is 0 Å². The van der Waals surface area contributed by atoms with Gasteiger partial charge in [-0.2, -0.15) is 4.99 Å². The lowest BCUT2D eigenvalue weighted by Gasteiger charge is -2.11. The molecule has 118 valence electrons. The molecular formula is C16H14FN3OS2. The predicted molar refractivity (Wildman–Crippen MR) is 93.3 cm³/mol. The standard InChI is InChI=1S/C16H14FN3OS2/c1-3-20-14(21)13(8-11-4-6-12(17)7-5-11)23-16(20)19-15-18-10(2)9-22-15/h4-9H,3H2,1-2H3/b13-8-,19-16+. The second-order valence-corrected chi connectivity index (χ2v) is 6.72. The van der Waals surface area contributed by atoms with Crippen molar-refractivity contribution in [3.63, 3.8) is 0 Å². The molecule has 23 heavy (non-hydrogen) atoms. The van der Waals surface area contributed by atoms with Crippen molar-refractivity contribution in [2.75, 3.05) is 6.54 Å². The van der Waals surface area contributed by atoms with Crippen LogP contribution in [-0.2, 0) is 4.79 Å². The molecule has 1 amide bonds. The molecular weight excluding hydrogens is 333 g/mol. The molecule has 4 nitrogen and oxygen atoms in total. The van der Waals surface area contributed by atoms with Crippen LogP contribution in [0.2, 0.25) is 0 Å². The molecule has 0 unspecified atom stereocenters. The quantitative estimate of drug-likeness (QED) is 0.781. The number of likely N-dealkylation sites (N-methyl/N-ethyl adjacent to an activating group) is 1. The normalized spacial score (nSPS) is 18.4. The maximum absolute atomic E-state index is 13.0. The number of thiazole rings is 1. The van der Waals surface area contributed by atoms with Gasteiger partial charge in [0.15, 0.2) is 5.17 Å². The summed E-state index contributed by atoms with van der Waals surface area (Å²) in [6.07, 6.45) is 1.75. The minimum Gasteiger partial charge on any atom is -0.287 e. The van der Waals surface area contributed by atoms with E-state index in [0.29, 0.717) is 21.7 Å². The maximum Gasteiger partial charge on any atom is 0.266 e. The van der Waals surface area contributed by atoms with Crippen molar-refractivity contribution in [3.8, 4) is 0 Å². The Morgan fingerprint density at radius 2 is 2.09 bits per heavy atom. The van der Waals surface area contributed by atoms with Crippen LogP contribution in [0.3, 0.4) is 0 Å². The van der Waals surface area contributed by atoms with Crippen LogP contribution in [0.5, 0.6) is 0 Å². The number of halogens is 1. The topological polar surface area (TPSA) is 45.6 Å². The first kappa shape index (κ1) is 15.9. The molecule has 3 rings (SSSR count). The summed E-state index contributed by atoms with van der Waals surface area (Å²) in [5.74, 6) is -0.386. The van der Waals surface area contributed by atoms with Gasteiger partial charge in [-0.3, -0.25) is 9.69 Å². The summed E-state index contributed by atoms with van der Waals surface area (Å²) in [6.45, 7) is 4.35. The van der Waals surface area contributed by atoms with Gasteiger partial charge in [0.2, 0.25) is 5.13 Å². The van der Waals surface area contributed by atoms with E-state index in [-0.39, 0.29) is 11.7 Å². The fraction of sp³-hybridized carbons (Fsp3) is 0.188. The summed E-state index contributed by atoms with van der Waals surface area (Å²) >= 11 is 2.76. The third kappa shape index (κ3) is 3.51. The van der Waals surface area contributed by atoms with Crippen LogP contribution in [0.25, 0.3) is 6.08 Å². The third-order valence-electron chi connectivity index (χ3n) is 3.17. The van der Waals surface area contributed by atoms with E-state index in [1.807, 2.05) is 19.2 Å². The monoisotopic (exact) mass is 347 g/mol. The first-order chi connectivity index (χ1) is 11.1. The fourth-order valence-electron chi connectivity index (χ4n) is 2.06. The van der Waals surface area contributed by atoms with Gasteiger partial charge in [0.05, 0.1) is 10.6 Å². The molecule has 0 radical (unpaired) electrons. The van der Waals surface area contributed by atoms with Crippen molar-refractivity contribution < 1.29 is 9.18 Å². The third-order valence-corrected chi connectivity index (χ3v) is 5.03. The van der Waals surface area contributed by atoms with Gasteiger partial charge >= 0.3 is 0 Å². The summed E-state index contributed by atoms with van der Waals surface area (Å²) in [5.41, 5.74) is 1.69. The second kappa shape index (κ2) is 6.64. The summed E-state index contributed by atoms with van der Waals surface area (Å²) in [4.78, 5) is 23.5. The Hall–Kier alpha value is -1.99. The summed E-state index contributed by atoms with van der Waals surface area (Å²) in [7, 11) is 0. The largest absolute Gasteiger partial charge is 0.287 e. The molecule has 1 fully saturated rings. The molecule has 1 aromatic heterocycles. The lowest BCUT2D eigenvalue weighted by atomic mass is 10.2. The average molecular weight is 347 g/mol. The predicted octanol–water partition coefficient (Wildman–Crippen LogP) is 4.21. The zero-order valence-corrected chi connectivity index (χ0v) is 14.2. The molecule has 0 spiro atoms. The van der Waals surface area contributed by atoms with E-state index in [2.05, 4.69) is 9.98 Å². The van der Waals surface area contributed by atoms with E-state index in [1.54, 1.807) is 23.1 Å². The molecule has 1 aliphatic rings. The minimum absolute atomic E-state index is 0.0890. The van der Waals surface area contributed by atoms with E-state index in [0.717, 1.165) is 11.3 Å². The zero-order valence-electron chi connectivity index (χ0n) is 12.6. The van der Waals surface area contributed by atoms with Crippen molar-refractivity contribution in [2.24, 2.45) is 4.99 Å². The summed E-state index contributed by atoms with van der Waals surface area (Å²) in [6, 6.07) is 6.04. The average Bonchev–Trinajstić information content (AvgIpc) is 3.06. The zero-order chi connectivity index (χ0) is 16.4. The van der Waals surface area contributed by atoms with E-state index >= 15 is 0 Å². The van der Waals surface area contributed by atoms with Crippen LogP contribution < -0.4 is 0 Å². The number of aromatic nitrogens is 1. The smallest absolute Gasteiger partial charge is 0.266 e. The van der Waals surface area contributed by atoms with Crippen LogP contribution >= 0.6 is 23.1 Å². The molecule has 1 saturated heterocycles. The highest BCUT2D eigenvalue weighted by atomic mass is 32.2. The van der Waals surface area contributed by atoms with Gasteiger partial charge in [0.1, 0.15) is 5.82 Å². The highest BCUT2D eigenvalue weighted by Gasteiger charge is 2.32. The second-order valence-electron chi connectivity index (χ2n) is 4.88. The molecule has 7 heteroatoms. The lowest BCUT2D eigenvalue weighted by molar-refractivity contribution is -0.122. The van der Waals surface area contributed by atoms with Crippen LogP contribution in [-0.4, -0.2) is 27.5 Å². The van der Waals surface area contributed by atoms with E-state index < -0.39 is 0 Å². The number of amidine groups is 1. The van der Waals surface area contributed by atoms with Crippen molar-refractivity contribution in [2.45, 2.75) is 13.8 Å². The number of hydrogen-bond donors (Lipinski definition) is 0. The van der Waals surface area contributed by atoms with E-state index in [1.165, 1.54) is 35.2 Å². The molecule has 2 heterocycles. The van der Waals surface area contributed by atoms with Gasteiger partial charge in [-0.1, -0.05) is 12.1 Å². The molecule has 1 aliphatic heterocycles. The van der Waals surface area contributed by atoms with Crippen molar-refractivity contribution in [3.05, 3.63) is 51.6 Å². The highest BCUT2D eigenvalue weighted by molar-refractivity contribution is 8.18. The number of carbonyl (C=O) groups is 1. The lowest BCUT2D eigenvalue weighted by Crippen LogP contribution is -2.28.